The first-order chi connectivity index (χ1) is 31.5. The van der Waals surface area contributed by atoms with Gasteiger partial charge in [-0.05, 0) is 25.7 Å². The summed E-state index contributed by atoms with van der Waals surface area (Å²) in [4.78, 5) is 26.2. The number of hydrogen-bond donors (Lipinski definition) is 3. The number of carbonyl (C=O) groups is 2. The van der Waals surface area contributed by atoms with E-state index < -0.39 is 18.2 Å². The zero-order chi connectivity index (χ0) is 46.7. The molecule has 0 aromatic heterocycles. The maximum atomic E-state index is 13.2. The quantitative estimate of drug-likeness (QED) is 0.0417. The minimum Gasteiger partial charge on any atom is -0.462 e. The molecule has 0 bridgehead atoms. The molecule has 3 unspecified atom stereocenters. The lowest BCUT2D eigenvalue weighted by atomic mass is 10.0. The summed E-state index contributed by atoms with van der Waals surface area (Å²) in [5.41, 5.74) is 0. The van der Waals surface area contributed by atoms with Gasteiger partial charge in [0.1, 0.15) is 6.10 Å². The maximum absolute atomic E-state index is 13.2. The Balaban J connectivity index is 4.35. The van der Waals surface area contributed by atoms with E-state index in [-0.39, 0.29) is 24.9 Å². The lowest BCUT2D eigenvalue weighted by molar-refractivity contribution is -0.151. The van der Waals surface area contributed by atoms with E-state index in [0.29, 0.717) is 19.3 Å². The molecule has 0 fully saturated rings. The Bertz CT molecular complexity index is 928. The molecule has 3 atom stereocenters. The van der Waals surface area contributed by atoms with Crippen LogP contribution in [-0.2, 0) is 14.3 Å². The van der Waals surface area contributed by atoms with Crippen LogP contribution in [0.15, 0.2) is 0 Å². The summed E-state index contributed by atoms with van der Waals surface area (Å²) in [5, 5.41) is 23.9. The van der Waals surface area contributed by atoms with Crippen molar-refractivity contribution in [2.75, 3.05) is 6.61 Å². The summed E-state index contributed by atoms with van der Waals surface area (Å²) < 4.78 is 5.95. The monoisotopic (exact) mass is 906 g/mol. The summed E-state index contributed by atoms with van der Waals surface area (Å²) in [5.74, 6) is -0.447. The van der Waals surface area contributed by atoms with Gasteiger partial charge in [0.05, 0.1) is 25.2 Å². The molecule has 0 aliphatic heterocycles. The van der Waals surface area contributed by atoms with Crippen LogP contribution >= 0.6 is 0 Å². The Morgan fingerprint density at radius 2 is 0.656 bits per heavy atom. The third-order valence-corrected chi connectivity index (χ3v) is 13.9. The maximum Gasteiger partial charge on any atom is 0.306 e. The number of carbonyl (C=O) groups excluding carboxylic acids is 2. The Morgan fingerprint density at radius 1 is 0.391 bits per heavy atom. The molecule has 0 aromatic rings. The molecule has 3 N–H and O–H groups in total. The van der Waals surface area contributed by atoms with E-state index in [1.165, 1.54) is 250 Å². The molecule has 382 valence electrons. The van der Waals surface area contributed by atoms with Crippen molar-refractivity contribution in [1.82, 2.24) is 5.32 Å². The Kier molecular flexibility index (Phi) is 51.9. The summed E-state index contributed by atoms with van der Waals surface area (Å²) >= 11 is 0. The molecule has 6 nitrogen and oxygen atoms in total. The van der Waals surface area contributed by atoms with Gasteiger partial charge in [0, 0.05) is 6.42 Å². The van der Waals surface area contributed by atoms with Crippen LogP contribution in [0.4, 0.5) is 0 Å². The van der Waals surface area contributed by atoms with Gasteiger partial charge in [-0.3, -0.25) is 9.59 Å². The SMILES string of the molecule is CCCCCCCCCCCCCCCCCCCCC(=O)OC(CCCCCCCCCCCC)CC(=O)NC(CO)C(O)CCCCCCCCCCCCCCCCCCC. The molecule has 0 rings (SSSR count). The van der Waals surface area contributed by atoms with Gasteiger partial charge in [-0.1, -0.05) is 297 Å². The van der Waals surface area contributed by atoms with Crippen LogP contribution < -0.4 is 5.32 Å². The molecule has 0 heterocycles. The lowest BCUT2D eigenvalue weighted by Crippen LogP contribution is -2.46. The second-order valence-corrected chi connectivity index (χ2v) is 20.4. The highest BCUT2D eigenvalue weighted by atomic mass is 16.5. The van der Waals surface area contributed by atoms with E-state index in [1.807, 2.05) is 0 Å². The van der Waals surface area contributed by atoms with Crippen molar-refractivity contribution in [1.29, 1.82) is 0 Å². The predicted molar refractivity (Wildman–Crippen MR) is 278 cm³/mol. The van der Waals surface area contributed by atoms with Gasteiger partial charge in [-0.2, -0.15) is 0 Å². The van der Waals surface area contributed by atoms with Crippen molar-refractivity contribution < 1.29 is 24.5 Å². The van der Waals surface area contributed by atoms with Gasteiger partial charge >= 0.3 is 5.97 Å². The normalized spacial score (nSPS) is 13.0. The summed E-state index contributed by atoms with van der Waals surface area (Å²) in [6.07, 6.45) is 58.9. The number of rotatable bonds is 54. The topological polar surface area (TPSA) is 95.9 Å². The van der Waals surface area contributed by atoms with Gasteiger partial charge in [-0.25, -0.2) is 0 Å². The first kappa shape index (κ1) is 62.9. The predicted octanol–water partition coefficient (Wildman–Crippen LogP) is 17.9. The van der Waals surface area contributed by atoms with Crippen molar-refractivity contribution in [3.05, 3.63) is 0 Å². The second-order valence-electron chi connectivity index (χ2n) is 20.4. The zero-order valence-corrected chi connectivity index (χ0v) is 43.7. The highest BCUT2D eigenvalue weighted by molar-refractivity contribution is 5.77. The van der Waals surface area contributed by atoms with E-state index >= 15 is 0 Å². The van der Waals surface area contributed by atoms with Crippen LogP contribution in [0.25, 0.3) is 0 Å². The van der Waals surface area contributed by atoms with Gasteiger partial charge in [0.25, 0.3) is 0 Å². The Labute approximate surface area is 400 Å². The van der Waals surface area contributed by atoms with Crippen molar-refractivity contribution in [2.24, 2.45) is 0 Å². The lowest BCUT2D eigenvalue weighted by Gasteiger charge is -2.24. The first-order valence-electron chi connectivity index (χ1n) is 29.3. The number of aliphatic hydroxyl groups excluding tert-OH is 2. The molecule has 0 spiro atoms. The van der Waals surface area contributed by atoms with Crippen molar-refractivity contribution in [3.8, 4) is 0 Å². The van der Waals surface area contributed by atoms with Crippen molar-refractivity contribution in [2.45, 2.75) is 354 Å². The van der Waals surface area contributed by atoms with Crippen LogP contribution in [0.3, 0.4) is 0 Å². The van der Waals surface area contributed by atoms with E-state index in [4.69, 9.17) is 4.74 Å². The van der Waals surface area contributed by atoms with E-state index in [1.54, 1.807) is 0 Å². The minimum atomic E-state index is -0.780. The average molecular weight is 907 g/mol. The van der Waals surface area contributed by atoms with Crippen molar-refractivity contribution in [3.63, 3.8) is 0 Å². The van der Waals surface area contributed by atoms with Gasteiger partial charge in [0.15, 0.2) is 0 Å². The van der Waals surface area contributed by atoms with Crippen molar-refractivity contribution >= 4 is 11.9 Å². The number of unbranched alkanes of at least 4 members (excludes halogenated alkanes) is 42. The van der Waals surface area contributed by atoms with Gasteiger partial charge in [0.2, 0.25) is 5.91 Å². The smallest absolute Gasteiger partial charge is 0.306 e. The Hall–Kier alpha value is -1.14. The summed E-state index contributed by atoms with van der Waals surface area (Å²) in [6.45, 7) is 6.53. The average Bonchev–Trinajstić information content (AvgIpc) is 3.29. The molecule has 1 amide bonds. The number of aliphatic hydroxyl groups is 2. The molecule has 0 saturated heterocycles. The van der Waals surface area contributed by atoms with Crippen LogP contribution in [0.2, 0.25) is 0 Å². The highest BCUT2D eigenvalue weighted by Gasteiger charge is 2.24. The van der Waals surface area contributed by atoms with Crippen LogP contribution in [-0.4, -0.2) is 46.9 Å². The largest absolute Gasteiger partial charge is 0.462 e. The molecular formula is C58H115NO5. The Morgan fingerprint density at radius 3 is 0.953 bits per heavy atom. The zero-order valence-electron chi connectivity index (χ0n) is 43.7. The summed E-state index contributed by atoms with van der Waals surface area (Å²) in [6, 6.07) is -0.693. The molecule has 0 aromatic carbocycles. The molecule has 6 heteroatoms. The number of nitrogens with one attached hydrogen (secondary N) is 1. The first-order valence-corrected chi connectivity index (χ1v) is 29.3. The fourth-order valence-corrected chi connectivity index (χ4v) is 9.49. The summed E-state index contributed by atoms with van der Waals surface area (Å²) in [7, 11) is 0. The van der Waals surface area contributed by atoms with Crippen LogP contribution in [0.5, 0.6) is 0 Å². The molecule has 0 aliphatic carbocycles. The van der Waals surface area contributed by atoms with Gasteiger partial charge < -0.3 is 20.3 Å². The van der Waals surface area contributed by atoms with Crippen LogP contribution in [0.1, 0.15) is 335 Å². The fraction of sp³-hybridized carbons (Fsp3) is 0.966. The number of hydrogen-bond acceptors (Lipinski definition) is 5. The fourth-order valence-electron chi connectivity index (χ4n) is 9.49. The minimum absolute atomic E-state index is 0.0879. The van der Waals surface area contributed by atoms with E-state index in [0.717, 1.165) is 38.5 Å². The third-order valence-electron chi connectivity index (χ3n) is 13.9. The molecular weight excluding hydrogens is 791 g/mol. The van der Waals surface area contributed by atoms with E-state index in [2.05, 4.69) is 26.1 Å². The molecule has 0 radical (unpaired) electrons. The van der Waals surface area contributed by atoms with Gasteiger partial charge in [-0.15, -0.1) is 0 Å². The van der Waals surface area contributed by atoms with E-state index in [9.17, 15) is 19.8 Å². The second kappa shape index (κ2) is 52.8. The standard InChI is InChI=1S/C58H115NO5/c1-4-7-10-13-16-19-22-24-26-28-30-32-34-36-39-42-45-48-51-58(63)64-54(49-46-43-40-37-21-18-15-12-9-6-3)52-57(62)59-55(53-60)56(61)50-47-44-41-38-35-33-31-29-27-25-23-20-17-14-11-8-5-2/h54-56,60-61H,4-53H2,1-3H3,(H,59,62). The molecule has 0 aliphatic rings. The number of amides is 1. The van der Waals surface area contributed by atoms with Crippen LogP contribution in [0, 0.1) is 0 Å². The molecule has 64 heavy (non-hydrogen) atoms. The molecule has 0 saturated carbocycles. The highest BCUT2D eigenvalue weighted by Crippen LogP contribution is 2.19. The number of esters is 1. The third kappa shape index (κ3) is 47.4. The number of ether oxygens (including phenoxy) is 1.